The summed E-state index contributed by atoms with van der Waals surface area (Å²) in [4.78, 5) is 22.8. The lowest BCUT2D eigenvalue weighted by atomic mass is 9.92. The second kappa shape index (κ2) is 7.42. The summed E-state index contributed by atoms with van der Waals surface area (Å²) >= 11 is 7.81. The molecule has 122 valence electrons. The van der Waals surface area contributed by atoms with E-state index in [-0.39, 0.29) is 23.4 Å². The highest BCUT2D eigenvalue weighted by molar-refractivity contribution is 7.81. The first-order chi connectivity index (χ1) is 10.1. The summed E-state index contributed by atoms with van der Waals surface area (Å²) in [7, 11) is 0. The Hall–Kier alpha value is -1.14. The predicted molar refractivity (Wildman–Crippen MR) is 92.4 cm³/mol. The van der Waals surface area contributed by atoms with Gasteiger partial charge in [-0.25, -0.2) is 0 Å². The van der Waals surface area contributed by atoms with Crippen LogP contribution >= 0.6 is 25.3 Å². The summed E-state index contributed by atoms with van der Waals surface area (Å²) in [6.45, 7) is 7.26. The molecule has 1 aromatic carbocycles. The van der Waals surface area contributed by atoms with E-state index in [0.29, 0.717) is 0 Å². The third-order valence-corrected chi connectivity index (χ3v) is 3.79. The van der Waals surface area contributed by atoms with Gasteiger partial charge in [-0.2, -0.15) is 25.3 Å². The Morgan fingerprint density at radius 3 is 1.32 bits per heavy atom. The Labute approximate surface area is 142 Å². The van der Waals surface area contributed by atoms with E-state index >= 15 is 0 Å². The van der Waals surface area contributed by atoms with Crippen molar-refractivity contribution < 1.29 is 19.1 Å². The zero-order valence-corrected chi connectivity index (χ0v) is 15.0. The van der Waals surface area contributed by atoms with Crippen LogP contribution in [0.2, 0.25) is 0 Å². The fourth-order valence-corrected chi connectivity index (χ4v) is 2.15. The van der Waals surface area contributed by atoms with Crippen LogP contribution in [0.5, 0.6) is 0 Å². The standard InChI is InChI=1S/C16H22O4S2/c1-15(2,19-13(17)9-21)11-5-7-12(8-6-11)16(3,4)20-14(18)10-22/h5-8,21-22H,9-10H2,1-4H3. The topological polar surface area (TPSA) is 52.6 Å². The summed E-state index contributed by atoms with van der Waals surface area (Å²) in [5.41, 5.74) is 0.208. The fraction of sp³-hybridized carbons (Fsp3) is 0.500. The van der Waals surface area contributed by atoms with Crippen molar-refractivity contribution in [3.63, 3.8) is 0 Å². The third kappa shape index (κ3) is 4.95. The summed E-state index contributed by atoms with van der Waals surface area (Å²) in [6, 6.07) is 7.43. The van der Waals surface area contributed by atoms with Crippen LogP contribution in [-0.2, 0) is 30.3 Å². The molecule has 0 atom stereocenters. The molecule has 22 heavy (non-hydrogen) atoms. The summed E-state index contributed by atoms with van der Waals surface area (Å²) in [5, 5.41) is 0. The lowest BCUT2D eigenvalue weighted by Crippen LogP contribution is -2.28. The van der Waals surface area contributed by atoms with Crippen molar-refractivity contribution in [2.45, 2.75) is 38.9 Å². The van der Waals surface area contributed by atoms with Crippen molar-refractivity contribution in [1.82, 2.24) is 0 Å². The number of hydrogen-bond donors (Lipinski definition) is 2. The minimum Gasteiger partial charge on any atom is -0.454 e. The SMILES string of the molecule is CC(C)(OC(=O)CS)c1ccc(C(C)(C)OC(=O)CS)cc1. The molecular formula is C16H22O4S2. The molecule has 0 saturated carbocycles. The average molecular weight is 342 g/mol. The molecule has 0 amide bonds. The van der Waals surface area contributed by atoms with Gasteiger partial charge in [-0.1, -0.05) is 24.3 Å². The van der Waals surface area contributed by atoms with Crippen molar-refractivity contribution in [3.05, 3.63) is 35.4 Å². The van der Waals surface area contributed by atoms with Crippen molar-refractivity contribution in [2.24, 2.45) is 0 Å². The highest BCUT2D eigenvalue weighted by Gasteiger charge is 2.28. The lowest BCUT2D eigenvalue weighted by Gasteiger charge is -2.28. The van der Waals surface area contributed by atoms with Gasteiger partial charge in [0.2, 0.25) is 0 Å². The molecule has 0 unspecified atom stereocenters. The summed E-state index contributed by atoms with van der Waals surface area (Å²) in [5.74, 6) is -0.677. The first-order valence-corrected chi connectivity index (χ1v) is 8.15. The smallest absolute Gasteiger partial charge is 0.316 e. The van der Waals surface area contributed by atoms with Gasteiger partial charge in [0.05, 0.1) is 11.5 Å². The van der Waals surface area contributed by atoms with E-state index in [1.165, 1.54) is 0 Å². The number of rotatable bonds is 6. The summed E-state index contributed by atoms with van der Waals surface area (Å²) in [6.07, 6.45) is 0. The molecule has 0 aliphatic heterocycles. The third-order valence-electron chi connectivity index (χ3n) is 3.27. The normalized spacial score (nSPS) is 11.9. The van der Waals surface area contributed by atoms with Crippen LogP contribution in [0.4, 0.5) is 0 Å². The monoisotopic (exact) mass is 342 g/mol. The number of esters is 2. The minimum absolute atomic E-state index is 0.0359. The molecule has 0 aliphatic rings. The van der Waals surface area contributed by atoms with Crippen LogP contribution in [0.3, 0.4) is 0 Å². The molecule has 1 rings (SSSR count). The molecule has 0 aromatic heterocycles. The zero-order chi connectivity index (χ0) is 17.0. The molecule has 0 heterocycles. The van der Waals surface area contributed by atoms with Crippen molar-refractivity contribution >= 4 is 37.2 Å². The number of benzene rings is 1. The van der Waals surface area contributed by atoms with Crippen LogP contribution in [-0.4, -0.2) is 23.4 Å². The second-order valence-electron chi connectivity index (χ2n) is 5.86. The Morgan fingerprint density at radius 2 is 1.09 bits per heavy atom. The average Bonchev–Trinajstić information content (AvgIpc) is 2.46. The van der Waals surface area contributed by atoms with Crippen molar-refractivity contribution in [2.75, 3.05) is 11.5 Å². The van der Waals surface area contributed by atoms with Crippen LogP contribution in [0, 0.1) is 0 Å². The molecule has 0 radical (unpaired) electrons. The highest BCUT2D eigenvalue weighted by atomic mass is 32.1. The maximum atomic E-state index is 11.4. The highest BCUT2D eigenvalue weighted by Crippen LogP contribution is 2.29. The van der Waals surface area contributed by atoms with Gasteiger partial charge < -0.3 is 9.47 Å². The van der Waals surface area contributed by atoms with E-state index in [0.717, 1.165) is 11.1 Å². The van der Waals surface area contributed by atoms with E-state index in [9.17, 15) is 9.59 Å². The predicted octanol–water partition coefficient (Wildman–Crippen LogP) is 3.10. The molecule has 0 aliphatic carbocycles. The maximum absolute atomic E-state index is 11.4. The van der Waals surface area contributed by atoms with Gasteiger partial charge in [-0.05, 0) is 38.8 Å². The van der Waals surface area contributed by atoms with Crippen LogP contribution < -0.4 is 0 Å². The van der Waals surface area contributed by atoms with Gasteiger partial charge in [0.1, 0.15) is 11.2 Å². The van der Waals surface area contributed by atoms with Gasteiger partial charge in [0.25, 0.3) is 0 Å². The Balaban J connectivity index is 2.94. The molecule has 6 heteroatoms. The first kappa shape index (κ1) is 18.9. The molecule has 4 nitrogen and oxygen atoms in total. The molecule has 0 spiro atoms. The lowest BCUT2D eigenvalue weighted by molar-refractivity contribution is -0.155. The van der Waals surface area contributed by atoms with Crippen LogP contribution in [0.15, 0.2) is 24.3 Å². The van der Waals surface area contributed by atoms with E-state index in [1.54, 1.807) is 0 Å². The first-order valence-electron chi connectivity index (χ1n) is 6.89. The number of carbonyl (C=O) groups is 2. The Kier molecular flexibility index (Phi) is 6.38. The molecule has 1 aromatic rings. The van der Waals surface area contributed by atoms with Crippen molar-refractivity contribution in [1.29, 1.82) is 0 Å². The van der Waals surface area contributed by atoms with Gasteiger partial charge in [-0.15, -0.1) is 0 Å². The Morgan fingerprint density at radius 1 is 0.818 bits per heavy atom. The number of thiol groups is 2. The quantitative estimate of drug-likeness (QED) is 0.616. The number of ether oxygens (including phenoxy) is 2. The maximum Gasteiger partial charge on any atom is 0.316 e. The molecule has 0 bridgehead atoms. The minimum atomic E-state index is -0.746. The van der Waals surface area contributed by atoms with Crippen molar-refractivity contribution in [3.8, 4) is 0 Å². The molecule has 0 N–H and O–H groups in total. The van der Waals surface area contributed by atoms with Crippen LogP contribution in [0.1, 0.15) is 38.8 Å². The van der Waals surface area contributed by atoms with Gasteiger partial charge in [0.15, 0.2) is 0 Å². The van der Waals surface area contributed by atoms with E-state index in [2.05, 4.69) is 25.3 Å². The molecule has 0 fully saturated rings. The van der Waals surface area contributed by atoms with Gasteiger partial charge >= 0.3 is 11.9 Å². The van der Waals surface area contributed by atoms with E-state index < -0.39 is 11.2 Å². The Bertz CT molecular complexity index is 487. The van der Waals surface area contributed by atoms with E-state index in [4.69, 9.17) is 9.47 Å². The second-order valence-corrected chi connectivity index (χ2v) is 6.49. The molecular weight excluding hydrogens is 320 g/mol. The van der Waals surface area contributed by atoms with Crippen LogP contribution in [0.25, 0.3) is 0 Å². The van der Waals surface area contributed by atoms with Gasteiger partial charge in [-0.3, -0.25) is 9.59 Å². The van der Waals surface area contributed by atoms with Gasteiger partial charge in [0, 0.05) is 0 Å². The summed E-state index contributed by atoms with van der Waals surface area (Å²) < 4.78 is 10.7. The number of hydrogen-bond acceptors (Lipinski definition) is 6. The largest absolute Gasteiger partial charge is 0.454 e. The zero-order valence-electron chi connectivity index (χ0n) is 13.3. The fourth-order valence-electron chi connectivity index (χ4n) is 2.02. The molecule has 0 saturated heterocycles. The number of carbonyl (C=O) groups excluding carboxylic acids is 2. The van der Waals surface area contributed by atoms with E-state index in [1.807, 2.05) is 52.0 Å².